The van der Waals surface area contributed by atoms with Crippen LogP contribution in [0, 0.1) is 0 Å². The van der Waals surface area contributed by atoms with Gasteiger partial charge in [-0.15, -0.1) is 0 Å². The number of likely N-dealkylation sites (tertiary alicyclic amines) is 1. The van der Waals surface area contributed by atoms with Crippen molar-refractivity contribution in [1.82, 2.24) is 9.80 Å². The second-order valence-corrected chi connectivity index (χ2v) is 8.73. The van der Waals surface area contributed by atoms with E-state index in [-0.39, 0.29) is 5.92 Å². The third-order valence-corrected chi connectivity index (χ3v) is 7.27. The van der Waals surface area contributed by atoms with Gasteiger partial charge in [-0.25, -0.2) is 0 Å². The van der Waals surface area contributed by atoms with Crippen LogP contribution in [0.3, 0.4) is 0 Å². The normalized spacial score (nSPS) is 28.0. The summed E-state index contributed by atoms with van der Waals surface area (Å²) < 4.78 is 0. The monoisotopic (exact) mass is 362 g/mol. The van der Waals surface area contributed by atoms with Crippen molar-refractivity contribution in [2.24, 2.45) is 0 Å². The van der Waals surface area contributed by atoms with Crippen LogP contribution in [-0.2, 0) is 11.2 Å². The lowest BCUT2D eigenvalue weighted by Gasteiger charge is -2.43. The van der Waals surface area contributed by atoms with E-state index in [1.54, 1.807) is 0 Å². The zero-order valence-corrected chi connectivity index (χ0v) is 16.4. The molecule has 1 saturated carbocycles. The van der Waals surface area contributed by atoms with Gasteiger partial charge in [0.1, 0.15) is 0 Å². The van der Waals surface area contributed by atoms with Crippen molar-refractivity contribution in [2.75, 3.05) is 20.1 Å². The minimum atomic E-state index is -0.00254. The van der Waals surface area contributed by atoms with Gasteiger partial charge in [-0.05, 0) is 67.1 Å². The van der Waals surface area contributed by atoms with E-state index in [4.69, 9.17) is 0 Å². The topological polar surface area (TPSA) is 23.6 Å². The summed E-state index contributed by atoms with van der Waals surface area (Å²) in [5.74, 6) is 0.326. The van der Waals surface area contributed by atoms with Gasteiger partial charge < -0.3 is 4.90 Å². The highest BCUT2D eigenvalue weighted by Gasteiger charge is 2.39. The molecule has 0 aromatic heterocycles. The fraction of sp³-hybridized carbons (Fsp3) is 0.542. The number of carbonyl (C=O) groups is 1. The highest BCUT2D eigenvalue weighted by atomic mass is 16.2. The number of rotatable bonds is 3. The third-order valence-electron chi connectivity index (χ3n) is 7.27. The van der Waals surface area contributed by atoms with Crippen LogP contribution in [0.25, 0.3) is 10.8 Å². The van der Waals surface area contributed by atoms with Crippen molar-refractivity contribution >= 4 is 16.7 Å². The van der Waals surface area contributed by atoms with Crippen LogP contribution >= 0.6 is 0 Å². The average Bonchev–Trinajstić information content (AvgIpc) is 3.37. The molecule has 2 aliphatic carbocycles. The zero-order valence-electron chi connectivity index (χ0n) is 16.4. The molecule has 5 rings (SSSR count). The summed E-state index contributed by atoms with van der Waals surface area (Å²) in [5, 5.41) is 2.60. The molecular weight excluding hydrogens is 332 g/mol. The van der Waals surface area contributed by atoms with Gasteiger partial charge >= 0.3 is 0 Å². The van der Waals surface area contributed by atoms with Gasteiger partial charge in [0.05, 0.1) is 5.92 Å². The molecule has 3 aliphatic rings. The predicted molar refractivity (Wildman–Crippen MR) is 110 cm³/mol. The first-order valence-corrected chi connectivity index (χ1v) is 10.8. The van der Waals surface area contributed by atoms with E-state index in [0.717, 1.165) is 12.8 Å². The SMILES string of the molecule is CN(C(=O)C1Cc2cccc3cccc1c23)C1CCCCC1N1CCCC1. The predicted octanol–water partition coefficient (Wildman–Crippen LogP) is 4.34. The van der Waals surface area contributed by atoms with Gasteiger partial charge in [0, 0.05) is 19.1 Å². The molecule has 1 saturated heterocycles. The summed E-state index contributed by atoms with van der Waals surface area (Å²) in [6.07, 6.45) is 8.49. The molecule has 0 spiro atoms. The Morgan fingerprint density at radius 3 is 2.56 bits per heavy atom. The van der Waals surface area contributed by atoms with Crippen LogP contribution in [-0.4, -0.2) is 47.9 Å². The maximum atomic E-state index is 13.6. The molecule has 3 heteroatoms. The Balaban J connectivity index is 1.41. The van der Waals surface area contributed by atoms with Crippen LogP contribution in [0.2, 0.25) is 0 Å². The number of amides is 1. The molecule has 2 fully saturated rings. The standard InChI is InChI=1S/C24H30N2O/c1-25(21-12-2-3-13-22(21)26-14-4-5-15-26)24(27)20-16-18-10-6-8-17-9-7-11-19(20)23(17)18/h6-11,20-22H,2-5,12-16H2,1H3. The van der Waals surface area contributed by atoms with E-state index in [0.29, 0.717) is 18.0 Å². The molecule has 27 heavy (non-hydrogen) atoms. The first-order valence-electron chi connectivity index (χ1n) is 10.8. The van der Waals surface area contributed by atoms with Gasteiger partial charge in [0.2, 0.25) is 5.91 Å². The van der Waals surface area contributed by atoms with Crippen molar-refractivity contribution in [1.29, 1.82) is 0 Å². The van der Waals surface area contributed by atoms with E-state index in [2.05, 4.69) is 53.2 Å². The summed E-state index contributed by atoms with van der Waals surface area (Å²) in [6, 6.07) is 13.9. The van der Waals surface area contributed by atoms with Crippen LogP contribution in [0.5, 0.6) is 0 Å². The first kappa shape index (κ1) is 17.2. The molecule has 1 heterocycles. The molecule has 3 nitrogen and oxygen atoms in total. The summed E-state index contributed by atoms with van der Waals surface area (Å²) >= 11 is 0. The molecule has 2 aromatic carbocycles. The fourth-order valence-electron chi connectivity index (χ4n) is 5.91. The second kappa shape index (κ2) is 6.94. The fourth-order valence-corrected chi connectivity index (χ4v) is 5.91. The Labute approximate surface area is 162 Å². The lowest BCUT2D eigenvalue weighted by atomic mass is 9.87. The molecule has 0 radical (unpaired) electrons. The average molecular weight is 363 g/mol. The summed E-state index contributed by atoms with van der Waals surface area (Å²) in [7, 11) is 2.07. The number of benzene rings is 2. The van der Waals surface area contributed by atoms with Crippen molar-refractivity contribution in [3.8, 4) is 0 Å². The van der Waals surface area contributed by atoms with Crippen LogP contribution in [0.4, 0.5) is 0 Å². The molecule has 0 bridgehead atoms. The minimum absolute atomic E-state index is 0.00254. The quantitative estimate of drug-likeness (QED) is 0.811. The van der Waals surface area contributed by atoms with Gasteiger partial charge in [-0.3, -0.25) is 9.69 Å². The maximum absolute atomic E-state index is 13.6. The number of likely N-dealkylation sites (N-methyl/N-ethyl adjacent to an activating group) is 1. The van der Waals surface area contributed by atoms with Crippen LogP contribution in [0.1, 0.15) is 55.6 Å². The summed E-state index contributed by atoms with van der Waals surface area (Å²) in [4.78, 5) is 18.4. The van der Waals surface area contributed by atoms with Crippen molar-refractivity contribution < 1.29 is 4.79 Å². The molecule has 3 atom stereocenters. The van der Waals surface area contributed by atoms with Crippen LogP contribution in [0.15, 0.2) is 36.4 Å². The molecule has 2 aromatic rings. The Kier molecular flexibility index (Phi) is 4.43. The Hall–Kier alpha value is -1.87. The highest BCUT2D eigenvalue weighted by molar-refractivity contribution is 5.98. The van der Waals surface area contributed by atoms with E-state index in [1.807, 2.05) is 0 Å². The second-order valence-electron chi connectivity index (χ2n) is 8.73. The van der Waals surface area contributed by atoms with E-state index >= 15 is 0 Å². The number of hydrogen-bond acceptors (Lipinski definition) is 2. The van der Waals surface area contributed by atoms with Crippen molar-refractivity contribution in [3.63, 3.8) is 0 Å². The van der Waals surface area contributed by atoms with Gasteiger partial charge in [-0.2, -0.15) is 0 Å². The third kappa shape index (κ3) is 2.87. The van der Waals surface area contributed by atoms with Gasteiger partial charge in [0.25, 0.3) is 0 Å². The molecule has 1 aliphatic heterocycles. The lowest BCUT2D eigenvalue weighted by Crippen LogP contribution is -2.54. The van der Waals surface area contributed by atoms with Gasteiger partial charge in [0.15, 0.2) is 0 Å². The largest absolute Gasteiger partial charge is 0.341 e. The van der Waals surface area contributed by atoms with E-state index in [9.17, 15) is 4.79 Å². The Morgan fingerprint density at radius 2 is 1.74 bits per heavy atom. The highest BCUT2D eigenvalue weighted by Crippen LogP contribution is 2.40. The minimum Gasteiger partial charge on any atom is -0.341 e. The first-order chi connectivity index (χ1) is 13.2. The Morgan fingerprint density at radius 1 is 1.00 bits per heavy atom. The van der Waals surface area contributed by atoms with Gasteiger partial charge in [-0.1, -0.05) is 49.2 Å². The lowest BCUT2D eigenvalue weighted by molar-refractivity contribution is -0.135. The number of carbonyl (C=O) groups excluding carboxylic acids is 1. The molecule has 3 unspecified atom stereocenters. The zero-order chi connectivity index (χ0) is 18.4. The van der Waals surface area contributed by atoms with E-state index < -0.39 is 0 Å². The Bertz CT molecular complexity index is 849. The molecule has 1 amide bonds. The van der Waals surface area contributed by atoms with Crippen molar-refractivity contribution in [3.05, 3.63) is 47.5 Å². The maximum Gasteiger partial charge on any atom is 0.230 e. The number of nitrogens with zero attached hydrogens (tertiary/aromatic N) is 2. The van der Waals surface area contributed by atoms with E-state index in [1.165, 1.54) is 67.1 Å². The van der Waals surface area contributed by atoms with Crippen LogP contribution < -0.4 is 0 Å². The molecule has 142 valence electrons. The van der Waals surface area contributed by atoms with Crippen molar-refractivity contribution in [2.45, 2.75) is 62.9 Å². The summed E-state index contributed by atoms with van der Waals surface area (Å²) in [6.45, 7) is 2.44. The number of hydrogen-bond donors (Lipinski definition) is 0. The summed E-state index contributed by atoms with van der Waals surface area (Å²) in [5.41, 5.74) is 2.59. The smallest absolute Gasteiger partial charge is 0.230 e. The molecule has 0 N–H and O–H groups in total. The molecular formula is C24H30N2O.